The quantitative estimate of drug-likeness (QED) is 0.294. The second kappa shape index (κ2) is 11.5. The molecule has 2 N–H and O–H groups in total. The summed E-state index contributed by atoms with van der Waals surface area (Å²) in [5, 5.41) is 20.2. The number of halogens is 4. The van der Waals surface area contributed by atoms with Gasteiger partial charge in [0, 0.05) is 12.3 Å². The topological polar surface area (TPSA) is 49.7 Å². The van der Waals surface area contributed by atoms with Crippen molar-refractivity contribution in [2.75, 3.05) is 6.61 Å². The van der Waals surface area contributed by atoms with Crippen LogP contribution in [0, 0.1) is 11.8 Å². The molecule has 0 aromatic heterocycles. The Bertz CT molecular complexity index is 702. The number of unbranched alkanes of at least 4 members (excludes halogenated alkanes) is 2. The fraction of sp³-hybridized carbons (Fsp3) is 0.565. The minimum absolute atomic E-state index is 0.00738. The number of aliphatic hydroxyl groups excluding tert-OH is 2. The summed E-state index contributed by atoms with van der Waals surface area (Å²) in [6.07, 6.45) is 3.14. The largest absolute Gasteiger partial charge is 0.491 e. The number of hydrogen-bond acceptors (Lipinski definition) is 3. The van der Waals surface area contributed by atoms with E-state index in [-0.39, 0.29) is 24.7 Å². The smallest absolute Gasteiger partial charge is 0.416 e. The average molecular weight is 430 g/mol. The molecule has 0 bridgehead atoms. The van der Waals surface area contributed by atoms with Gasteiger partial charge in [-0.3, -0.25) is 0 Å². The lowest BCUT2D eigenvalue weighted by Crippen LogP contribution is -2.20. The zero-order valence-electron chi connectivity index (χ0n) is 17.1. The molecule has 1 aromatic rings. The van der Waals surface area contributed by atoms with Crippen LogP contribution in [0.2, 0.25) is 0 Å². The molecule has 5 unspecified atom stereocenters. The molecule has 0 radical (unpaired) electrons. The third kappa shape index (κ3) is 7.43. The van der Waals surface area contributed by atoms with Gasteiger partial charge in [-0.1, -0.05) is 50.1 Å². The summed E-state index contributed by atoms with van der Waals surface area (Å²) in [5.74, 6) is -0.809. The van der Waals surface area contributed by atoms with Crippen molar-refractivity contribution in [3.63, 3.8) is 0 Å². The van der Waals surface area contributed by atoms with Crippen molar-refractivity contribution >= 4 is 0 Å². The van der Waals surface area contributed by atoms with Gasteiger partial charge in [-0.15, -0.1) is 0 Å². The van der Waals surface area contributed by atoms with Gasteiger partial charge < -0.3 is 14.9 Å². The summed E-state index contributed by atoms with van der Waals surface area (Å²) in [6, 6.07) is 4.40. The molecule has 0 aliphatic heterocycles. The molecule has 0 saturated heterocycles. The summed E-state index contributed by atoms with van der Waals surface area (Å²) in [6.45, 7) is 1.84. The van der Waals surface area contributed by atoms with Gasteiger partial charge in [0.25, 0.3) is 0 Å². The van der Waals surface area contributed by atoms with Crippen molar-refractivity contribution in [3.8, 4) is 5.75 Å². The van der Waals surface area contributed by atoms with E-state index in [0.29, 0.717) is 6.42 Å². The first kappa shape index (κ1) is 24.4. The Morgan fingerprint density at radius 2 is 2.03 bits per heavy atom. The van der Waals surface area contributed by atoms with Crippen LogP contribution in [0.5, 0.6) is 5.75 Å². The molecule has 1 aliphatic carbocycles. The van der Waals surface area contributed by atoms with Crippen LogP contribution in [0.25, 0.3) is 0 Å². The van der Waals surface area contributed by atoms with E-state index in [2.05, 4.69) is 6.92 Å². The van der Waals surface area contributed by atoms with Crippen LogP contribution in [-0.4, -0.2) is 35.2 Å². The Morgan fingerprint density at radius 1 is 1.27 bits per heavy atom. The summed E-state index contributed by atoms with van der Waals surface area (Å²) < 4.78 is 57.8. The van der Waals surface area contributed by atoms with Gasteiger partial charge in [-0.2, -0.15) is 13.2 Å². The van der Waals surface area contributed by atoms with Crippen molar-refractivity contribution in [2.24, 2.45) is 11.8 Å². The monoisotopic (exact) mass is 430 g/mol. The number of rotatable bonds is 10. The molecular weight excluding hydrogens is 400 g/mol. The molecule has 0 spiro atoms. The Labute approximate surface area is 175 Å². The van der Waals surface area contributed by atoms with E-state index in [4.69, 9.17) is 4.74 Å². The Balaban J connectivity index is 1.90. The second-order valence-electron chi connectivity index (χ2n) is 7.70. The summed E-state index contributed by atoms with van der Waals surface area (Å²) in [5.41, 5.74) is -0.833. The molecule has 1 aromatic carbocycles. The van der Waals surface area contributed by atoms with Crippen molar-refractivity contribution in [1.29, 1.82) is 0 Å². The number of ether oxygens (including phenoxy) is 1. The molecule has 1 saturated carbocycles. The van der Waals surface area contributed by atoms with Crippen LogP contribution >= 0.6 is 0 Å². The predicted molar refractivity (Wildman–Crippen MR) is 108 cm³/mol. The molecule has 5 atom stereocenters. The minimum Gasteiger partial charge on any atom is -0.491 e. The molecule has 3 nitrogen and oxygen atoms in total. The van der Waals surface area contributed by atoms with Crippen molar-refractivity contribution in [3.05, 3.63) is 54.1 Å². The highest BCUT2D eigenvalue weighted by Gasteiger charge is 2.40. The third-order valence-electron chi connectivity index (χ3n) is 5.31. The van der Waals surface area contributed by atoms with Crippen LogP contribution < -0.4 is 4.74 Å². The maximum atomic E-state index is 14.3. The highest BCUT2D eigenvalue weighted by Crippen LogP contribution is 2.38. The molecule has 7 heteroatoms. The zero-order valence-corrected chi connectivity index (χ0v) is 17.1. The number of benzene rings is 1. The van der Waals surface area contributed by atoms with E-state index in [1.165, 1.54) is 18.2 Å². The van der Waals surface area contributed by atoms with Crippen molar-refractivity contribution in [1.82, 2.24) is 0 Å². The van der Waals surface area contributed by atoms with Gasteiger partial charge in [0.1, 0.15) is 24.6 Å². The fourth-order valence-corrected chi connectivity index (χ4v) is 3.61. The highest BCUT2D eigenvalue weighted by molar-refractivity contribution is 5.30. The van der Waals surface area contributed by atoms with Crippen LogP contribution in [0.15, 0.2) is 48.6 Å². The van der Waals surface area contributed by atoms with E-state index in [1.807, 2.05) is 12.2 Å². The van der Waals surface area contributed by atoms with Crippen molar-refractivity contribution in [2.45, 2.75) is 63.6 Å². The van der Waals surface area contributed by atoms with Crippen LogP contribution in [0.3, 0.4) is 0 Å². The van der Waals surface area contributed by atoms with Crippen LogP contribution in [0.4, 0.5) is 17.6 Å². The highest BCUT2D eigenvalue weighted by atomic mass is 19.4. The van der Waals surface area contributed by atoms with Crippen LogP contribution in [0.1, 0.15) is 44.6 Å². The first-order valence-corrected chi connectivity index (χ1v) is 10.4. The average Bonchev–Trinajstić information content (AvgIpc) is 2.96. The van der Waals surface area contributed by atoms with Gasteiger partial charge in [0.15, 0.2) is 0 Å². The van der Waals surface area contributed by atoms with Gasteiger partial charge in [0.2, 0.25) is 0 Å². The normalized spacial score (nSPS) is 26.0. The number of hydrogen-bond donors (Lipinski definition) is 2. The molecule has 1 aliphatic rings. The maximum Gasteiger partial charge on any atom is 0.416 e. The fourth-order valence-electron chi connectivity index (χ4n) is 3.61. The number of alkyl halides is 4. The third-order valence-corrected chi connectivity index (χ3v) is 5.31. The first-order valence-electron chi connectivity index (χ1n) is 10.4. The van der Waals surface area contributed by atoms with Crippen molar-refractivity contribution < 1.29 is 32.5 Å². The van der Waals surface area contributed by atoms with Gasteiger partial charge in [0.05, 0.1) is 11.7 Å². The minimum atomic E-state index is -4.47. The lowest BCUT2D eigenvalue weighted by atomic mass is 9.90. The van der Waals surface area contributed by atoms with Gasteiger partial charge in [-0.25, -0.2) is 4.39 Å². The SMILES string of the molecule is CCCC/C=C/CC1C(O)CC(F)C1/C=C/C(O)COc1cccc(C(F)(F)F)c1. The van der Waals surface area contributed by atoms with E-state index in [9.17, 15) is 27.8 Å². The maximum absolute atomic E-state index is 14.3. The molecular formula is C23H30F4O3. The Kier molecular flexibility index (Phi) is 9.37. The molecule has 2 rings (SSSR count). The van der Waals surface area contributed by atoms with Gasteiger partial charge >= 0.3 is 6.18 Å². The Morgan fingerprint density at radius 3 is 2.73 bits per heavy atom. The van der Waals surface area contributed by atoms with E-state index >= 15 is 0 Å². The summed E-state index contributed by atoms with van der Waals surface area (Å²) >= 11 is 0. The molecule has 1 fully saturated rings. The second-order valence-corrected chi connectivity index (χ2v) is 7.70. The standard InChI is InChI=1S/C23H30F4O3/c1-2-3-4-5-6-10-20-19(21(24)14-22(20)29)12-11-17(28)15-30-18-9-7-8-16(13-18)23(25,26)27/h5-9,11-13,17,19-22,28-29H,2-4,10,14-15H2,1H3/b6-5+,12-11+. The number of allylic oxidation sites excluding steroid dienone is 3. The van der Waals surface area contributed by atoms with E-state index < -0.39 is 36.0 Å². The van der Waals surface area contributed by atoms with Gasteiger partial charge in [-0.05, 0) is 37.0 Å². The Hall–Kier alpha value is -1.86. The summed E-state index contributed by atoms with van der Waals surface area (Å²) in [4.78, 5) is 0. The molecule has 0 amide bonds. The predicted octanol–water partition coefficient (Wildman–Crippen LogP) is 5.47. The summed E-state index contributed by atoms with van der Waals surface area (Å²) in [7, 11) is 0. The number of aliphatic hydroxyl groups is 2. The molecule has 0 heterocycles. The zero-order chi connectivity index (χ0) is 22.1. The molecule has 30 heavy (non-hydrogen) atoms. The van der Waals surface area contributed by atoms with E-state index in [1.54, 1.807) is 6.08 Å². The first-order chi connectivity index (χ1) is 14.2. The van der Waals surface area contributed by atoms with E-state index in [0.717, 1.165) is 31.4 Å². The lowest BCUT2D eigenvalue weighted by Gasteiger charge is -2.19. The van der Waals surface area contributed by atoms with Crippen LogP contribution in [-0.2, 0) is 6.18 Å². The lowest BCUT2D eigenvalue weighted by molar-refractivity contribution is -0.137. The molecule has 168 valence electrons.